The average molecular weight is 458 g/mol. The van der Waals surface area contributed by atoms with Crippen LogP contribution in [0.15, 0.2) is 66.7 Å². The Morgan fingerprint density at radius 1 is 1.06 bits per heavy atom. The lowest BCUT2D eigenvalue weighted by atomic mass is 9.89. The van der Waals surface area contributed by atoms with E-state index in [1.54, 1.807) is 12.1 Å². The van der Waals surface area contributed by atoms with Crippen LogP contribution in [-0.2, 0) is 23.8 Å². The molecule has 0 aliphatic heterocycles. The predicted octanol–water partition coefficient (Wildman–Crippen LogP) is 5.56. The highest BCUT2D eigenvalue weighted by Crippen LogP contribution is 2.32. The molecule has 2 N–H and O–H groups in total. The predicted molar refractivity (Wildman–Crippen MR) is 120 cm³/mol. The van der Waals surface area contributed by atoms with Crippen molar-refractivity contribution < 1.29 is 27.8 Å². The summed E-state index contributed by atoms with van der Waals surface area (Å²) in [6, 6.07) is 17.7. The fourth-order valence-corrected chi connectivity index (χ4v) is 3.50. The quantitative estimate of drug-likeness (QED) is 0.416. The van der Waals surface area contributed by atoms with Gasteiger partial charge in [-0.25, -0.2) is 4.98 Å². The minimum atomic E-state index is -4.43. The Bertz CT molecular complexity index is 1050. The van der Waals surface area contributed by atoms with Crippen LogP contribution in [0.1, 0.15) is 34.7 Å². The molecule has 0 spiro atoms. The summed E-state index contributed by atoms with van der Waals surface area (Å²) in [5.74, 6) is 0.0199. The number of halogens is 3. The van der Waals surface area contributed by atoms with Crippen LogP contribution in [0.4, 0.5) is 19.0 Å². The van der Waals surface area contributed by atoms with Crippen molar-refractivity contribution in [2.45, 2.75) is 31.4 Å². The maximum Gasteiger partial charge on any atom is 0.416 e. The molecule has 0 saturated heterocycles. The van der Waals surface area contributed by atoms with Gasteiger partial charge in [0.2, 0.25) is 0 Å². The number of aliphatic carboxylic acids is 1. The molecule has 0 bridgehead atoms. The van der Waals surface area contributed by atoms with Crippen molar-refractivity contribution in [3.8, 4) is 5.75 Å². The van der Waals surface area contributed by atoms with Gasteiger partial charge in [0.1, 0.15) is 11.6 Å². The second kappa shape index (κ2) is 10.8. The maximum absolute atomic E-state index is 12.8. The molecule has 1 atom stereocenters. The van der Waals surface area contributed by atoms with Gasteiger partial charge in [-0.05, 0) is 59.9 Å². The van der Waals surface area contributed by atoms with Gasteiger partial charge < -0.3 is 15.2 Å². The van der Waals surface area contributed by atoms with Crippen molar-refractivity contribution in [3.05, 3.63) is 89.1 Å². The van der Waals surface area contributed by atoms with Crippen LogP contribution in [0.2, 0.25) is 0 Å². The molecular weight excluding hydrogens is 433 g/mol. The number of ether oxygens (including phenoxy) is 1. The number of hydrogen-bond acceptors (Lipinski definition) is 4. The fraction of sp³-hybridized carbons (Fsp3) is 0.280. The number of rotatable bonds is 10. The van der Waals surface area contributed by atoms with E-state index in [2.05, 4.69) is 10.3 Å². The third kappa shape index (κ3) is 7.24. The van der Waals surface area contributed by atoms with Gasteiger partial charge in [-0.2, -0.15) is 13.2 Å². The Morgan fingerprint density at radius 3 is 2.36 bits per heavy atom. The zero-order valence-electron chi connectivity index (χ0n) is 18.1. The van der Waals surface area contributed by atoms with Gasteiger partial charge in [0.15, 0.2) is 0 Å². The number of carboxylic acids is 1. The largest absolute Gasteiger partial charge is 0.493 e. The first-order valence-corrected chi connectivity index (χ1v) is 10.5. The third-order valence-corrected chi connectivity index (χ3v) is 5.23. The first-order chi connectivity index (χ1) is 15.7. The lowest BCUT2D eigenvalue weighted by molar-refractivity contribution is -0.138. The number of benzene rings is 2. The number of hydrogen-bond donors (Lipinski definition) is 2. The van der Waals surface area contributed by atoms with E-state index in [0.29, 0.717) is 30.8 Å². The zero-order chi connectivity index (χ0) is 23.8. The molecule has 1 heterocycles. The topological polar surface area (TPSA) is 71.5 Å². The van der Waals surface area contributed by atoms with E-state index in [1.807, 2.05) is 37.4 Å². The van der Waals surface area contributed by atoms with Crippen molar-refractivity contribution >= 4 is 11.8 Å². The van der Waals surface area contributed by atoms with E-state index in [1.165, 1.54) is 12.1 Å². The van der Waals surface area contributed by atoms with Crippen molar-refractivity contribution in [2.24, 2.45) is 0 Å². The maximum atomic E-state index is 12.8. The molecule has 33 heavy (non-hydrogen) atoms. The van der Waals surface area contributed by atoms with Crippen molar-refractivity contribution in [2.75, 3.05) is 19.0 Å². The first kappa shape index (κ1) is 24.1. The van der Waals surface area contributed by atoms with Crippen molar-refractivity contribution in [3.63, 3.8) is 0 Å². The molecular formula is C25H25F3N2O3. The Kier molecular flexibility index (Phi) is 7.92. The fourth-order valence-electron chi connectivity index (χ4n) is 3.50. The summed E-state index contributed by atoms with van der Waals surface area (Å²) in [4.78, 5) is 15.8. The van der Waals surface area contributed by atoms with Crippen LogP contribution in [0, 0.1) is 0 Å². The zero-order valence-corrected chi connectivity index (χ0v) is 18.1. The van der Waals surface area contributed by atoms with Gasteiger partial charge in [-0.3, -0.25) is 4.79 Å². The third-order valence-electron chi connectivity index (χ3n) is 5.23. The van der Waals surface area contributed by atoms with E-state index >= 15 is 0 Å². The number of anilines is 1. The minimum Gasteiger partial charge on any atom is -0.493 e. The van der Waals surface area contributed by atoms with E-state index in [4.69, 9.17) is 4.74 Å². The SMILES string of the molecule is CNc1cccc(CCOc2ccc(CC(CC(=O)O)c3ccc(C(F)(F)F)cc3)cc2)n1. The molecule has 0 aliphatic rings. The van der Waals surface area contributed by atoms with E-state index in [9.17, 15) is 23.1 Å². The number of alkyl halides is 3. The number of nitrogens with zero attached hydrogens (tertiary/aromatic N) is 1. The van der Waals surface area contributed by atoms with Crippen molar-refractivity contribution in [1.82, 2.24) is 4.98 Å². The van der Waals surface area contributed by atoms with E-state index in [0.717, 1.165) is 29.2 Å². The number of nitrogens with one attached hydrogen (secondary N) is 1. The van der Waals surface area contributed by atoms with Crippen LogP contribution in [0.5, 0.6) is 5.75 Å². The molecule has 3 rings (SSSR count). The molecule has 0 fully saturated rings. The molecule has 0 amide bonds. The number of carbonyl (C=O) groups is 1. The lowest BCUT2D eigenvalue weighted by Gasteiger charge is -2.17. The molecule has 3 aromatic rings. The highest BCUT2D eigenvalue weighted by Gasteiger charge is 2.30. The first-order valence-electron chi connectivity index (χ1n) is 10.5. The Labute approximate surface area is 190 Å². The molecule has 1 unspecified atom stereocenters. The molecule has 5 nitrogen and oxygen atoms in total. The van der Waals surface area contributed by atoms with Gasteiger partial charge >= 0.3 is 12.1 Å². The molecule has 0 radical (unpaired) electrons. The molecule has 1 aromatic heterocycles. The van der Waals surface area contributed by atoms with E-state index in [-0.39, 0.29) is 6.42 Å². The molecule has 0 aliphatic carbocycles. The normalized spacial score (nSPS) is 12.2. The van der Waals surface area contributed by atoms with Gasteiger partial charge in [-0.1, -0.05) is 30.3 Å². The van der Waals surface area contributed by atoms with Gasteiger partial charge in [0.05, 0.1) is 18.6 Å². The standard InChI is InChI=1S/C25H25F3N2O3/c1-29-23-4-2-3-21(30-23)13-14-33-22-11-5-17(6-12-22)15-19(16-24(31)32)18-7-9-20(10-8-18)25(26,27)28/h2-12,19H,13-16H2,1H3,(H,29,30)(H,31,32). The van der Waals surface area contributed by atoms with Crippen LogP contribution in [0.25, 0.3) is 0 Å². The summed E-state index contributed by atoms with van der Waals surface area (Å²) in [6.45, 7) is 0.451. The van der Waals surface area contributed by atoms with Crippen LogP contribution in [0.3, 0.4) is 0 Å². The van der Waals surface area contributed by atoms with Crippen LogP contribution < -0.4 is 10.1 Å². The van der Waals surface area contributed by atoms with Crippen LogP contribution >= 0.6 is 0 Å². The molecule has 8 heteroatoms. The summed E-state index contributed by atoms with van der Waals surface area (Å²) in [5.41, 5.74) is 1.58. The molecule has 2 aromatic carbocycles. The molecule has 174 valence electrons. The number of pyridine rings is 1. The Hall–Kier alpha value is -3.55. The second-order valence-corrected chi connectivity index (χ2v) is 7.63. The number of aromatic nitrogens is 1. The second-order valence-electron chi connectivity index (χ2n) is 7.63. The summed E-state index contributed by atoms with van der Waals surface area (Å²) in [7, 11) is 1.81. The van der Waals surface area contributed by atoms with Gasteiger partial charge in [-0.15, -0.1) is 0 Å². The minimum absolute atomic E-state index is 0.178. The average Bonchev–Trinajstić information content (AvgIpc) is 2.79. The number of carboxylic acid groups (broad SMARTS) is 1. The summed E-state index contributed by atoms with van der Waals surface area (Å²) < 4.78 is 44.2. The van der Waals surface area contributed by atoms with Crippen LogP contribution in [-0.4, -0.2) is 29.7 Å². The van der Waals surface area contributed by atoms with Gasteiger partial charge in [0, 0.05) is 19.2 Å². The molecule has 0 saturated carbocycles. The summed E-state index contributed by atoms with van der Waals surface area (Å²) in [6.07, 6.45) is -3.57. The smallest absolute Gasteiger partial charge is 0.416 e. The summed E-state index contributed by atoms with van der Waals surface area (Å²) >= 11 is 0. The highest BCUT2D eigenvalue weighted by molar-refractivity contribution is 5.68. The monoisotopic (exact) mass is 458 g/mol. The lowest BCUT2D eigenvalue weighted by Crippen LogP contribution is -2.11. The summed E-state index contributed by atoms with van der Waals surface area (Å²) in [5, 5.41) is 12.3. The Balaban J connectivity index is 1.61. The van der Waals surface area contributed by atoms with E-state index < -0.39 is 23.6 Å². The van der Waals surface area contributed by atoms with Crippen molar-refractivity contribution in [1.29, 1.82) is 0 Å². The highest BCUT2D eigenvalue weighted by atomic mass is 19.4. The Morgan fingerprint density at radius 2 is 1.76 bits per heavy atom. The van der Waals surface area contributed by atoms with Gasteiger partial charge in [0.25, 0.3) is 0 Å².